The summed E-state index contributed by atoms with van der Waals surface area (Å²) in [7, 11) is 3.17. The lowest BCUT2D eigenvalue weighted by molar-refractivity contribution is -0.141. The van der Waals surface area contributed by atoms with E-state index in [2.05, 4.69) is 0 Å². The molecule has 0 spiro atoms. The molecule has 0 bridgehead atoms. The number of nitrogens with zero attached hydrogens (tertiary/aromatic N) is 2. The minimum absolute atomic E-state index is 0.0738. The molecule has 0 aromatic heterocycles. The molecule has 0 saturated heterocycles. The molecule has 1 unspecified atom stereocenters. The highest BCUT2D eigenvalue weighted by Gasteiger charge is 2.34. The van der Waals surface area contributed by atoms with Crippen molar-refractivity contribution in [1.29, 1.82) is 5.26 Å². The van der Waals surface area contributed by atoms with Gasteiger partial charge in [-0.3, -0.25) is 4.79 Å². The number of nitriles is 1. The van der Waals surface area contributed by atoms with Crippen molar-refractivity contribution in [2.24, 2.45) is 5.41 Å². The quantitative estimate of drug-likeness (QED) is 0.669. The lowest BCUT2D eigenvalue weighted by atomic mass is 9.93. The van der Waals surface area contributed by atoms with Crippen LogP contribution in [0.4, 0.5) is 0 Å². The van der Waals surface area contributed by atoms with Crippen molar-refractivity contribution in [3.8, 4) is 6.07 Å². The van der Waals surface area contributed by atoms with E-state index < -0.39 is 5.41 Å². The first kappa shape index (κ1) is 15.9. The van der Waals surface area contributed by atoms with Gasteiger partial charge in [-0.1, -0.05) is 0 Å². The minimum atomic E-state index is -1.02. The fourth-order valence-electron chi connectivity index (χ4n) is 1.45. The second-order valence-electron chi connectivity index (χ2n) is 4.53. The molecule has 0 aliphatic heterocycles. The van der Waals surface area contributed by atoms with Crippen molar-refractivity contribution in [3.05, 3.63) is 0 Å². The highest BCUT2D eigenvalue weighted by Crippen LogP contribution is 2.19. The lowest BCUT2D eigenvalue weighted by Crippen LogP contribution is -2.48. The van der Waals surface area contributed by atoms with Crippen LogP contribution >= 0.6 is 0 Å². The first-order valence-corrected chi connectivity index (χ1v) is 5.61. The standard InChI is InChI=1S/C12H22N2O3/c1-10(8-17-5)14(6-7-16-4)11(15)12(2,3)9-13/h10H,6-8H2,1-5H3. The molecule has 0 heterocycles. The van der Waals surface area contributed by atoms with Crippen molar-refractivity contribution < 1.29 is 14.3 Å². The zero-order valence-electron chi connectivity index (χ0n) is 11.3. The largest absolute Gasteiger partial charge is 0.383 e. The van der Waals surface area contributed by atoms with Crippen LogP contribution in [0.15, 0.2) is 0 Å². The van der Waals surface area contributed by atoms with Crippen LogP contribution in [0.1, 0.15) is 20.8 Å². The molecule has 0 N–H and O–H groups in total. The molecule has 5 heteroatoms. The molecule has 1 amide bonds. The lowest BCUT2D eigenvalue weighted by Gasteiger charge is -2.32. The Bertz CT molecular complexity index is 284. The second kappa shape index (κ2) is 7.25. The average Bonchev–Trinajstić information content (AvgIpc) is 2.29. The van der Waals surface area contributed by atoms with Crippen LogP contribution in [0.2, 0.25) is 0 Å². The maximum Gasteiger partial charge on any atom is 0.242 e. The molecule has 0 rings (SSSR count). The Hall–Kier alpha value is -1.12. The number of carbonyl (C=O) groups is 1. The van der Waals surface area contributed by atoms with Crippen LogP contribution < -0.4 is 0 Å². The maximum atomic E-state index is 12.2. The maximum absolute atomic E-state index is 12.2. The van der Waals surface area contributed by atoms with E-state index in [0.29, 0.717) is 19.8 Å². The average molecular weight is 242 g/mol. The predicted octanol–water partition coefficient (Wildman–Crippen LogP) is 1.05. The van der Waals surface area contributed by atoms with Gasteiger partial charge in [0.05, 0.1) is 25.3 Å². The van der Waals surface area contributed by atoms with Gasteiger partial charge in [0.1, 0.15) is 5.41 Å². The van der Waals surface area contributed by atoms with Crippen LogP contribution in [-0.2, 0) is 14.3 Å². The number of rotatable bonds is 7. The highest BCUT2D eigenvalue weighted by molar-refractivity contribution is 5.84. The molecule has 5 nitrogen and oxygen atoms in total. The number of hydrogen-bond donors (Lipinski definition) is 0. The third-order valence-corrected chi connectivity index (χ3v) is 2.55. The van der Waals surface area contributed by atoms with Crippen LogP contribution in [0, 0.1) is 16.7 Å². The highest BCUT2D eigenvalue weighted by atomic mass is 16.5. The number of ether oxygens (including phenoxy) is 2. The summed E-state index contributed by atoms with van der Waals surface area (Å²) in [5.41, 5.74) is -1.02. The first-order chi connectivity index (χ1) is 7.90. The Morgan fingerprint density at radius 3 is 2.41 bits per heavy atom. The first-order valence-electron chi connectivity index (χ1n) is 5.61. The minimum Gasteiger partial charge on any atom is -0.383 e. The number of amides is 1. The molecule has 0 radical (unpaired) electrons. The molecule has 0 aliphatic carbocycles. The van der Waals surface area contributed by atoms with Crippen molar-refractivity contribution >= 4 is 5.91 Å². The normalized spacial score (nSPS) is 12.9. The molecule has 0 aromatic rings. The molecule has 0 aromatic carbocycles. The van der Waals surface area contributed by atoms with Crippen LogP contribution in [0.3, 0.4) is 0 Å². The molecular weight excluding hydrogens is 220 g/mol. The fourth-order valence-corrected chi connectivity index (χ4v) is 1.45. The van der Waals surface area contributed by atoms with Gasteiger partial charge in [-0.25, -0.2) is 0 Å². The molecule has 98 valence electrons. The van der Waals surface area contributed by atoms with E-state index in [4.69, 9.17) is 14.7 Å². The van der Waals surface area contributed by atoms with E-state index in [0.717, 1.165) is 0 Å². The topological polar surface area (TPSA) is 62.6 Å². The monoisotopic (exact) mass is 242 g/mol. The third-order valence-electron chi connectivity index (χ3n) is 2.55. The number of hydrogen-bond acceptors (Lipinski definition) is 4. The van der Waals surface area contributed by atoms with E-state index in [1.807, 2.05) is 13.0 Å². The Labute approximate surface area is 103 Å². The summed E-state index contributed by atoms with van der Waals surface area (Å²) < 4.78 is 10.0. The van der Waals surface area contributed by atoms with E-state index in [9.17, 15) is 4.79 Å². The van der Waals surface area contributed by atoms with Gasteiger partial charge >= 0.3 is 0 Å². The molecule has 1 atom stereocenters. The Balaban J connectivity index is 4.80. The van der Waals surface area contributed by atoms with Gasteiger partial charge in [-0.05, 0) is 20.8 Å². The summed E-state index contributed by atoms with van der Waals surface area (Å²) >= 11 is 0. The zero-order chi connectivity index (χ0) is 13.5. The summed E-state index contributed by atoms with van der Waals surface area (Å²) in [5, 5.41) is 8.99. The van der Waals surface area contributed by atoms with E-state index in [1.165, 1.54) is 0 Å². The fraction of sp³-hybridized carbons (Fsp3) is 0.833. The SMILES string of the molecule is COCCN(C(=O)C(C)(C)C#N)C(C)COC. The van der Waals surface area contributed by atoms with Crippen LogP contribution in [0.25, 0.3) is 0 Å². The van der Waals surface area contributed by atoms with Gasteiger partial charge in [0.2, 0.25) is 5.91 Å². The van der Waals surface area contributed by atoms with Crippen LogP contribution in [0.5, 0.6) is 0 Å². The molecular formula is C12H22N2O3. The van der Waals surface area contributed by atoms with Crippen molar-refractivity contribution in [2.45, 2.75) is 26.8 Å². The van der Waals surface area contributed by atoms with Gasteiger partial charge in [-0.2, -0.15) is 5.26 Å². The van der Waals surface area contributed by atoms with Gasteiger partial charge in [0.25, 0.3) is 0 Å². The smallest absolute Gasteiger partial charge is 0.242 e. The molecule has 0 saturated carbocycles. The van der Waals surface area contributed by atoms with E-state index >= 15 is 0 Å². The molecule has 0 fully saturated rings. The van der Waals surface area contributed by atoms with E-state index in [1.54, 1.807) is 33.0 Å². The summed E-state index contributed by atoms with van der Waals surface area (Å²) in [6, 6.07) is 1.95. The molecule has 17 heavy (non-hydrogen) atoms. The summed E-state index contributed by atoms with van der Waals surface area (Å²) in [5.74, 6) is -0.193. The zero-order valence-corrected chi connectivity index (χ0v) is 11.3. The third kappa shape index (κ3) is 4.72. The summed E-state index contributed by atoms with van der Waals surface area (Å²) in [4.78, 5) is 13.8. The summed E-state index contributed by atoms with van der Waals surface area (Å²) in [6.07, 6.45) is 0. The summed E-state index contributed by atoms with van der Waals surface area (Å²) in [6.45, 7) is 6.48. The molecule has 0 aliphatic rings. The van der Waals surface area contributed by atoms with Gasteiger partial charge in [0, 0.05) is 20.8 Å². The van der Waals surface area contributed by atoms with Gasteiger partial charge in [-0.15, -0.1) is 0 Å². The van der Waals surface area contributed by atoms with Crippen molar-refractivity contribution in [3.63, 3.8) is 0 Å². The second-order valence-corrected chi connectivity index (χ2v) is 4.53. The van der Waals surface area contributed by atoms with E-state index in [-0.39, 0.29) is 11.9 Å². The Kier molecular flexibility index (Phi) is 6.78. The predicted molar refractivity (Wildman–Crippen MR) is 64.3 cm³/mol. The number of methoxy groups -OCH3 is 2. The van der Waals surface area contributed by atoms with Crippen molar-refractivity contribution in [2.75, 3.05) is 34.0 Å². The number of carbonyl (C=O) groups excluding carboxylic acids is 1. The van der Waals surface area contributed by atoms with Gasteiger partial charge < -0.3 is 14.4 Å². The van der Waals surface area contributed by atoms with Crippen molar-refractivity contribution in [1.82, 2.24) is 4.90 Å². The van der Waals surface area contributed by atoms with Gasteiger partial charge in [0.15, 0.2) is 0 Å². The van der Waals surface area contributed by atoms with Crippen LogP contribution in [-0.4, -0.2) is 50.8 Å². The Morgan fingerprint density at radius 2 is 2.00 bits per heavy atom. The Morgan fingerprint density at radius 1 is 1.41 bits per heavy atom.